The molecule has 1 spiro atoms. The average Bonchev–Trinajstić information content (AvgIpc) is 3.31. The number of likely N-dealkylation sites (tertiary alicyclic amines) is 1. The third-order valence-corrected chi connectivity index (χ3v) is 7.26. The quantitative estimate of drug-likeness (QED) is 0.637. The minimum Gasteiger partial charge on any atom is -0.362 e. The van der Waals surface area contributed by atoms with E-state index in [1.807, 2.05) is 25.7 Å². The number of halogens is 3. The Balaban J connectivity index is 1.35. The summed E-state index contributed by atoms with van der Waals surface area (Å²) in [6.45, 7) is 7.55. The third-order valence-electron chi connectivity index (χ3n) is 6.71. The Morgan fingerprint density at radius 2 is 1.91 bits per heavy atom. The van der Waals surface area contributed by atoms with Gasteiger partial charge in [0.25, 0.3) is 0 Å². The van der Waals surface area contributed by atoms with Crippen molar-refractivity contribution in [2.24, 2.45) is 11.0 Å². The zero-order chi connectivity index (χ0) is 22.8. The van der Waals surface area contributed by atoms with Gasteiger partial charge in [-0.1, -0.05) is 49.2 Å². The van der Waals surface area contributed by atoms with E-state index in [-0.39, 0.29) is 27.5 Å². The minimum atomic E-state index is -0.614. The second kappa shape index (κ2) is 7.44. The van der Waals surface area contributed by atoms with Gasteiger partial charge in [-0.05, 0) is 47.4 Å². The first-order chi connectivity index (χ1) is 15.1. The van der Waals surface area contributed by atoms with E-state index in [0.29, 0.717) is 26.1 Å². The first kappa shape index (κ1) is 21.7. The van der Waals surface area contributed by atoms with Crippen LogP contribution in [0, 0.1) is 11.7 Å². The molecule has 5 rings (SSSR count). The number of carbonyl (C=O) groups excluding carboxylic acids is 1. The highest BCUT2D eigenvalue weighted by molar-refractivity contribution is 6.35. The maximum Gasteiger partial charge on any atom is 0.225 e. The van der Waals surface area contributed by atoms with E-state index in [2.05, 4.69) is 28.7 Å². The molecule has 3 aliphatic rings. The number of amides is 1. The van der Waals surface area contributed by atoms with Crippen LogP contribution in [0.4, 0.5) is 4.39 Å². The molecule has 0 saturated carbocycles. The van der Waals surface area contributed by atoms with Crippen LogP contribution in [0.2, 0.25) is 10.0 Å². The summed E-state index contributed by atoms with van der Waals surface area (Å²) in [7, 11) is 0. The predicted molar refractivity (Wildman–Crippen MR) is 122 cm³/mol. The molecule has 1 atom stereocenters. The molecule has 0 aromatic heterocycles. The molecule has 32 heavy (non-hydrogen) atoms. The fraction of sp³-hybridized carbons (Fsp3) is 0.417. The van der Waals surface area contributed by atoms with E-state index < -0.39 is 11.4 Å². The topological polar surface area (TPSA) is 53.9 Å². The fourth-order valence-electron chi connectivity index (χ4n) is 4.80. The van der Waals surface area contributed by atoms with Gasteiger partial charge in [-0.3, -0.25) is 10.2 Å². The molecule has 8 heteroatoms. The van der Waals surface area contributed by atoms with Crippen LogP contribution in [-0.2, 0) is 27.3 Å². The molecule has 0 bridgehead atoms. The summed E-state index contributed by atoms with van der Waals surface area (Å²) >= 11 is 12.0. The highest BCUT2D eigenvalue weighted by Crippen LogP contribution is 2.44. The van der Waals surface area contributed by atoms with Gasteiger partial charge < -0.3 is 9.64 Å². The zero-order valence-electron chi connectivity index (χ0n) is 18.1. The van der Waals surface area contributed by atoms with Crippen LogP contribution in [0.3, 0.4) is 0 Å². The Morgan fingerprint density at radius 3 is 2.56 bits per heavy atom. The number of fused-ring (bicyclic) bond motifs is 2. The van der Waals surface area contributed by atoms with Crippen LogP contribution in [0.15, 0.2) is 35.4 Å². The summed E-state index contributed by atoms with van der Waals surface area (Å²) in [4.78, 5) is 14.1. The number of benzene rings is 2. The summed E-state index contributed by atoms with van der Waals surface area (Å²) in [5, 5.41) is 4.55. The molecule has 1 unspecified atom stereocenters. The lowest BCUT2D eigenvalue weighted by Crippen LogP contribution is -2.61. The molecule has 168 valence electrons. The first-order valence-corrected chi connectivity index (χ1v) is 11.4. The number of ether oxygens (including phenoxy) is 1. The molecule has 2 aromatic rings. The number of nitrogens with zero attached hydrogens (tertiary/aromatic N) is 2. The first-order valence-electron chi connectivity index (χ1n) is 10.7. The Kier molecular flexibility index (Phi) is 5.04. The van der Waals surface area contributed by atoms with Crippen LogP contribution in [0.1, 0.15) is 49.4 Å². The van der Waals surface area contributed by atoms with Crippen molar-refractivity contribution in [1.29, 1.82) is 0 Å². The Hall–Kier alpha value is -2.15. The van der Waals surface area contributed by atoms with E-state index in [1.165, 1.54) is 0 Å². The van der Waals surface area contributed by atoms with Crippen molar-refractivity contribution in [2.45, 2.75) is 44.9 Å². The third kappa shape index (κ3) is 3.31. The fourth-order valence-corrected chi connectivity index (χ4v) is 5.28. The molecule has 1 saturated heterocycles. The molecular formula is C24H24Cl2FN3O2. The SMILES string of the molecule is CC(C)C(=O)N1CC2(C1)OCc1cc(C3=NNC(C)(c4cc(Cl)c(F)c(Cl)c4)C3)ccc12. The minimum absolute atomic E-state index is 0.00515. The molecule has 1 amide bonds. The predicted octanol–water partition coefficient (Wildman–Crippen LogP) is 4.97. The van der Waals surface area contributed by atoms with Crippen LogP contribution in [0.5, 0.6) is 0 Å². The number of hydrazone groups is 1. The normalized spacial score (nSPS) is 23.2. The van der Waals surface area contributed by atoms with Gasteiger partial charge in [-0.25, -0.2) is 4.39 Å². The molecule has 2 aromatic carbocycles. The Morgan fingerprint density at radius 1 is 1.22 bits per heavy atom. The van der Waals surface area contributed by atoms with E-state index in [1.54, 1.807) is 12.1 Å². The molecule has 3 heterocycles. The summed E-state index contributed by atoms with van der Waals surface area (Å²) in [6, 6.07) is 9.45. The highest BCUT2D eigenvalue weighted by atomic mass is 35.5. The van der Waals surface area contributed by atoms with Gasteiger partial charge in [0, 0.05) is 12.3 Å². The largest absolute Gasteiger partial charge is 0.362 e. The van der Waals surface area contributed by atoms with Gasteiger partial charge in [0.05, 0.1) is 41.0 Å². The van der Waals surface area contributed by atoms with Crippen molar-refractivity contribution < 1.29 is 13.9 Å². The summed E-state index contributed by atoms with van der Waals surface area (Å²) in [6.07, 6.45) is 0.604. The zero-order valence-corrected chi connectivity index (χ0v) is 19.6. The smallest absolute Gasteiger partial charge is 0.225 e. The van der Waals surface area contributed by atoms with Gasteiger partial charge in [-0.15, -0.1) is 0 Å². The van der Waals surface area contributed by atoms with E-state index in [4.69, 9.17) is 27.9 Å². The maximum absolute atomic E-state index is 13.8. The second-order valence-corrected chi connectivity index (χ2v) is 10.3. The number of hydrogen-bond donors (Lipinski definition) is 1. The Bertz CT molecular complexity index is 1140. The molecular weight excluding hydrogens is 452 g/mol. The lowest BCUT2D eigenvalue weighted by Gasteiger charge is -2.48. The van der Waals surface area contributed by atoms with E-state index in [0.717, 1.165) is 28.0 Å². The molecule has 0 aliphatic carbocycles. The molecule has 1 N–H and O–H groups in total. The van der Waals surface area contributed by atoms with Crippen molar-refractivity contribution in [3.05, 3.63) is 68.4 Å². The van der Waals surface area contributed by atoms with Gasteiger partial charge in [0.1, 0.15) is 5.60 Å². The van der Waals surface area contributed by atoms with Crippen LogP contribution >= 0.6 is 23.2 Å². The van der Waals surface area contributed by atoms with Crippen molar-refractivity contribution in [3.63, 3.8) is 0 Å². The Labute approximate surface area is 196 Å². The van der Waals surface area contributed by atoms with Crippen molar-refractivity contribution in [3.8, 4) is 0 Å². The van der Waals surface area contributed by atoms with Gasteiger partial charge in [0.2, 0.25) is 5.91 Å². The van der Waals surface area contributed by atoms with Gasteiger partial charge in [-0.2, -0.15) is 5.10 Å². The number of carbonyl (C=O) groups is 1. The van der Waals surface area contributed by atoms with Gasteiger partial charge >= 0.3 is 0 Å². The van der Waals surface area contributed by atoms with Crippen molar-refractivity contribution in [2.75, 3.05) is 13.1 Å². The second-order valence-electron chi connectivity index (χ2n) is 9.44. The number of rotatable bonds is 3. The van der Waals surface area contributed by atoms with Gasteiger partial charge in [0.15, 0.2) is 5.82 Å². The monoisotopic (exact) mass is 475 g/mol. The lowest BCUT2D eigenvalue weighted by atomic mass is 9.82. The number of nitrogens with one attached hydrogen (secondary N) is 1. The van der Waals surface area contributed by atoms with E-state index >= 15 is 0 Å². The standard InChI is InChI=1S/C24H24Cl2FN3O2/c1-13(2)22(31)30-11-24(12-30)17-5-4-14(6-15(17)10-32-24)20-9-23(3,29-28-20)16-7-18(25)21(27)19(26)8-16/h4-8,13,29H,9-12H2,1-3H3. The van der Waals surface area contributed by atoms with E-state index in [9.17, 15) is 9.18 Å². The molecule has 3 aliphatic heterocycles. The van der Waals surface area contributed by atoms with Crippen molar-refractivity contribution in [1.82, 2.24) is 10.3 Å². The summed E-state index contributed by atoms with van der Waals surface area (Å²) < 4.78 is 20.0. The molecule has 5 nitrogen and oxygen atoms in total. The van der Waals surface area contributed by atoms with Crippen LogP contribution < -0.4 is 5.43 Å². The van der Waals surface area contributed by atoms with Crippen molar-refractivity contribution >= 4 is 34.8 Å². The molecule has 1 fully saturated rings. The lowest BCUT2D eigenvalue weighted by molar-refractivity contribution is -0.171. The summed E-state index contributed by atoms with van der Waals surface area (Å²) in [5.41, 5.74) is 7.22. The number of hydrogen-bond acceptors (Lipinski definition) is 4. The van der Waals surface area contributed by atoms with Crippen LogP contribution in [-0.4, -0.2) is 29.6 Å². The molecule has 0 radical (unpaired) electrons. The average molecular weight is 476 g/mol. The van der Waals surface area contributed by atoms with Crippen LogP contribution in [0.25, 0.3) is 0 Å². The summed E-state index contributed by atoms with van der Waals surface area (Å²) in [5.74, 6) is -0.461. The maximum atomic E-state index is 13.8. The highest BCUT2D eigenvalue weighted by Gasteiger charge is 2.52.